The largest absolute Gasteiger partial charge is 0.294 e. The maximum atomic E-state index is 12.6. The van der Waals surface area contributed by atoms with Gasteiger partial charge in [-0.2, -0.15) is 5.10 Å². The number of rotatable bonds is 2. The second-order valence-electron chi connectivity index (χ2n) is 7.50. The Morgan fingerprint density at radius 2 is 1.88 bits per heavy atom. The smallest absolute Gasteiger partial charge is 0.210 e. The molecule has 1 aromatic carbocycles. The first-order valence-corrected chi connectivity index (χ1v) is 9.49. The zero-order valence-corrected chi connectivity index (χ0v) is 15.6. The molecule has 0 atom stereocenters. The van der Waals surface area contributed by atoms with E-state index in [1.54, 1.807) is 17.5 Å². The van der Waals surface area contributed by atoms with Crippen molar-refractivity contribution in [2.75, 3.05) is 0 Å². The molecule has 0 saturated heterocycles. The Bertz CT molecular complexity index is 915. The Morgan fingerprint density at radius 1 is 1.12 bits per heavy atom. The average molecular weight is 351 g/mol. The number of Topliss-reactive ketones (excluding diaryl/α,β-unsaturated/α-hetero) is 1. The number of hydrogen-bond acceptors (Lipinski definition) is 4. The highest BCUT2D eigenvalue weighted by atomic mass is 32.1. The molecule has 3 aromatic rings. The second-order valence-corrected chi connectivity index (χ2v) is 8.37. The highest BCUT2D eigenvalue weighted by molar-refractivity contribution is 7.12. The highest BCUT2D eigenvalue weighted by Gasteiger charge is 2.29. The number of fused-ring (bicyclic) bond motifs is 1. The zero-order valence-electron chi connectivity index (χ0n) is 14.7. The SMILES string of the molecule is CC(C)(C)c1ccc(-c2nn(-c3nccs3)c3c2C(=O)CCC3)cc1. The van der Waals surface area contributed by atoms with Crippen molar-refractivity contribution in [2.24, 2.45) is 0 Å². The number of benzene rings is 1. The monoisotopic (exact) mass is 351 g/mol. The molecule has 128 valence electrons. The predicted molar refractivity (Wildman–Crippen MR) is 101 cm³/mol. The Hall–Kier alpha value is -2.27. The van der Waals surface area contributed by atoms with Gasteiger partial charge < -0.3 is 0 Å². The third-order valence-electron chi connectivity index (χ3n) is 4.70. The maximum absolute atomic E-state index is 12.6. The van der Waals surface area contributed by atoms with Crippen molar-refractivity contribution in [1.82, 2.24) is 14.8 Å². The van der Waals surface area contributed by atoms with Gasteiger partial charge in [0, 0.05) is 23.6 Å². The van der Waals surface area contributed by atoms with Gasteiger partial charge in [0.25, 0.3) is 0 Å². The van der Waals surface area contributed by atoms with E-state index in [4.69, 9.17) is 5.10 Å². The van der Waals surface area contributed by atoms with Gasteiger partial charge in [0.05, 0.1) is 11.3 Å². The van der Waals surface area contributed by atoms with E-state index in [9.17, 15) is 4.79 Å². The Balaban J connectivity index is 1.86. The van der Waals surface area contributed by atoms with E-state index in [2.05, 4.69) is 50.0 Å². The molecular weight excluding hydrogens is 330 g/mol. The van der Waals surface area contributed by atoms with Crippen LogP contribution in [0.5, 0.6) is 0 Å². The van der Waals surface area contributed by atoms with E-state index in [0.717, 1.165) is 40.5 Å². The fourth-order valence-electron chi connectivity index (χ4n) is 3.33. The van der Waals surface area contributed by atoms with Gasteiger partial charge in [0.2, 0.25) is 5.13 Å². The number of thiazole rings is 1. The van der Waals surface area contributed by atoms with E-state index in [-0.39, 0.29) is 11.2 Å². The minimum absolute atomic E-state index is 0.105. The van der Waals surface area contributed by atoms with Crippen molar-refractivity contribution >= 4 is 17.1 Å². The van der Waals surface area contributed by atoms with Crippen LogP contribution in [0.4, 0.5) is 0 Å². The molecule has 4 rings (SSSR count). The lowest BCUT2D eigenvalue weighted by atomic mass is 9.86. The fraction of sp³-hybridized carbons (Fsp3) is 0.350. The lowest BCUT2D eigenvalue weighted by molar-refractivity contribution is 0.0973. The standard InChI is InChI=1S/C20H21N3OS/c1-20(2,3)14-9-7-13(8-10-14)18-17-15(5-4-6-16(17)24)23(22-18)19-21-11-12-25-19/h7-12H,4-6H2,1-3H3. The number of carbonyl (C=O) groups is 1. The molecule has 0 spiro atoms. The van der Waals surface area contributed by atoms with Crippen molar-refractivity contribution in [3.05, 3.63) is 52.7 Å². The van der Waals surface area contributed by atoms with Crippen LogP contribution in [0.3, 0.4) is 0 Å². The number of hydrogen-bond donors (Lipinski definition) is 0. The summed E-state index contributed by atoms with van der Waals surface area (Å²) < 4.78 is 1.87. The minimum Gasteiger partial charge on any atom is -0.294 e. The average Bonchev–Trinajstić information content (AvgIpc) is 3.22. The van der Waals surface area contributed by atoms with Crippen molar-refractivity contribution in [3.63, 3.8) is 0 Å². The molecule has 0 N–H and O–H groups in total. The molecule has 0 saturated carbocycles. The van der Waals surface area contributed by atoms with Gasteiger partial charge in [-0.05, 0) is 23.8 Å². The summed E-state index contributed by atoms with van der Waals surface area (Å²) in [5, 5.41) is 7.55. The molecule has 0 unspecified atom stereocenters. The van der Waals surface area contributed by atoms with Crippen LogP contribution < -0.4 is 0 Å². The Morgan fingerprint density at radius 3 is 2.52 bits per heavy atom. The first-order chi connectivity index (χ1) is 11.9. The van der Waals surface area contributed by atoms with Crippen molar-refractivity contribution in [1.29, 1.82) is 0 Å². The minimum atomic E-state index is 0.105. The van der Waals surface area contributed by atoms with Crippen LogP contribution in [0.15, 0.2) is 35.8 Å². The lowest BCUT2D eigenvalue weighted by Crippen LogP contribution is -2.13. The molecule has 0 aliphatic heterocycles. The van der Waals surface area contributed by atoms with Gasteiger partial charge in [0.15, 0.2) is 5.78 Å². The predicted octanol–water partition coefficient (Wildman–Crippen LogP) is 4.81. The summed E-state index contributed by atoms with van der Waals surface area (Å²) in [5.74, 6) is 0.193. The molecular formula is C20H21N3OS. The molecule has 25 heavy (non-hydrogen) atoms. The van der Waals surface area contributed by atoms with Crippen molar-refractivity contribution in [2.45, 2.75) is 45.4 Å². The molecule has 0 bridgehead atoms. The van der Waals surface area contributed by atoms with Crippen LogP contribution in [0, 0.1) is 0 Å². The van der Waals surface area contributed by atoms with Gasteiger partial charge in [-0.1, -0.05) is 45.0 Å². The van der Waals surface area contributed by atoms with E-state index >= 15 is 0 Å². The van der Waals surface area contributed by atoms with Crippen molar-refractivity contribution in [3.8, 4) is 16.4 Å². The van der Waals surface area contributed by atoms with E-state index in [1.165, 1.54) is 5.56 Å². The van der Waals surface area contributed by atoms with E-state index in [0.29, 0.717) is 6.42 Å². The molecule has 0 radical (unpaired) electrons. The van der Waals surface area contributed by atoms with Gasteiger partial charge >= 0.3 is 0 Å². The summed E-state index contributed by atoms with van der Waals surface area (Å²) in [4.78, 5) is 17.0. The summed E-state index contributed by atoms with van der Waals surface area (Å²) in [6, 6.07) is 8.43. The van der Waals surface area contributed by atoms with Gasteiger partial charge in [-0.25, -0.2) is 9.67 Å². The highest BCUT2D eigenvalue weighted by Crippen LogP contribution is 2.34. The van der Waals surface area contributed by atoms with Crippen molar-refractivity contribution < 1.29 is 4.79 Å². The third-order valence-corrected chi connectivity index (χ3v) is 5.45. The second kappa shape index (κ2) is 5.92. The van der Waals surface area contributed by atoms with E-state index in [1.807, 2.05) is 10.1 Å². The Kier molecular flexibility index (Phi) is 3.84. The van der Waals surface area contributed by atoms with Gasteiger partial charge in [-0.3, -0.25) is 4.79 Å². The summed E-state index contributed by atoms with van der Waals surface area (Å²) >= 11 is 1.54. The van der Waals surface area contributed by atoms with E-state index < -0.39 is 0 Å². The van der Waals surface area contributed by atoms with Crippen LogP contribution in [0.2, 0.25) is 0 Å². The van der Waals surface area contributed by atoms with Crippen LogP contribution in [-0.4, -0.2) is 20.5 Å². The molecule has 2 aromatic heterocycles. The van der Waals surface area contributed by atoms with Crippen LogP contribution in [-0.2, 0) is 11.8 Å². The number of ketones is 1. The molecule has 1 aliphatic carbocycles. The molecule has 5 heteroatoms. The molecule has 2 heterocycles. The normalized spacial score (nSPS) is 14.6. The topological polar surface area (TPSA) is 47.8 Å². The summed E-state index contributed by atoms with van der Waals surface area (Å²) in [6.07, 6.45) is 4.12. The van der Waals surface area contributed by atoms with Gasteiger partial charge in [-0.15, -0.1) is 11.3 Å². The zero-order chi connectivity index (χ0) is 17.6. The maximum Gasteiger partial charge on any atom is 0.210 e. The third kappa shape index (κ3) is 2.82. The summed E-state index contributed by atoms with van der Waals surface area (Å²) in [5.41, 5.74) is 4.95. The number of aromatic nitrogens is 3. The number of nitrogens with zero attached hydrogens (tertiary/aromatic N) is 3. The molecule has 0 amide bonds. The van der Waals surface area contributed by atoms with Crippen LogP contribution in [0.25, 0.3) is 16.4 Å². The molecule has 1 aliphatic rings. The van der Waals surface area contributed by atoms with Crippen LogP contribution in [0.1, 0.15) is 55.2 Å². The molecule has 4 nitrogen and oxygen atoms in total. The fourth-order valence-corrected chi connectivity index (χ4v) is 3.94. The quantitative estimate of drug-likeness (QED) is 0.665. The van der Waals surface area contributed by atoms with Crippen LogP contribution >= 0.6 is 11.3 Å². The lowest BCUT2D eigenvalue weighted by Gasteiger charge is -2.19. The number of carbonyl (C=O) groups excluding carboxylic acids is 1. The first-order valence-electron chi connectivity index (χ1n) is 8.61. The summed E-state index contributed by atoms with van der Waals surface area (Å²) in [7, 11) is 0. The molecule has 0 fully saturated rings. The Labute approximate surface area is 151 Å². The first kappa shape index (κ1) is 16.2. The summed E-state index contributed by atoms with van der Waals surface area (Å²) in [6.45, 7) is 6.60. The van der Waals surface area contributed by atoms with Gasteiger partial charge in [0.1, 0.15) is 5.69 Å².